The minimum absolute atomic E-state index is 0.161. The van der Waals surface area contributed by atoms with Crippen molar-refractivity contribution in [2.75, 3.05) is 0 Å². The van der Waals surface area contributed by atoms with Crippen LogP contribution >= 0.6 is 0 Å². The van der Waals surface area contributed by atoms with Gasteiger partial charge < -0.3 is 0 Å². The molecule has 2 rings (SSSR count). The zero-order valence-electron chi connectivity index (χ0n) is 11.1. The van der Waals surface area contributed by atoms with Crippen LogP contribution in [0.2, 0.25) is 0 Å². The maximum Gasteiger partial charge on any atom is 0.214 e. The highest BCUT2D eigenvalue weighted by Gasteiger charge is 2.23. The van der Waals surface area contributed by atoms with Crippen molar-refractivity contribution < 1.29 is 18.0 Å². The van der Waals surface area contributed by atoms with Gasteiger partial charge >= 0.3 is 0 Å². The second kappa shape index (κ2) is 5.48. The molecule has 0 fully saturated rings. The van der Waals surface area contributed by atoms with Crippen LogP contribution in [-0.4, -0.2) is 15.6 Å². The lowest BCUT2D eigenvalue weighted by atomic mass is 10.1. The molecule has 6 heteroatoms. The van der Waals surface area contributed by atoms with E-state index in [4.69, 9.17) is 0 Å². The second-order valence-electron chi connectivity index (χ2n) is 4.24. The monoisotopic (exact) mass is 282 g/mol. The van der Waals surface area contributed by atoms with E-state index >= 15 is 0 Å². The van der Waals surface area contributed by atoms with Gasteiger partial charge in [-0.05, 0) is 31.5 Å². The van der Waals surface area contributed by atoms with Gasteiger partial charge in [0.05, 0.1) is 11.3 Å². The molecule has 0 radical (unpaired) electrons. The first-order valence-corrected chi connectivity index (χ1v) is 6.24. The average molecular weight is 282 g/mol. The number of hydrogen-bond acceptors (Lipinski definition) is 2. The number of ketones is 1. The lowest BCUT2D eigenvalue weighted by Crippen LogP contribution is -2.13. The molecule has 0 aliphatic carbocycles. The Morgan fingerprint density at radius 2 is 1.90 bits per heavy atom. The molecule has 106 valence electrons. The van der Waals surface area contributed by atoms with Crippen molar-refractivity contribution in [1.82, 2.24) is 9.78 Å². The van der Waals surface area contributed by atoms with Crippen molar-refractivity contribution in [1.29, 1.82) is 0 Å². The van der Waals surface area contributed by atoms with Gasteiger partial charge in [0.15, 0.2) is 17.5 Å². The van der Waals surface area contributed by atoms with Gasteiger partial charge in [0.25, 0.3) is 0 Å². The number of carbonyl (C=O) groups excluding carboxylic acids is 1. The lowest BCUT2D eigenvalue weighted by molar-refractivity contribution is 0.102. The third kappa shape index (κ3) is 2.33. The van der Waals surface area contributed by atoms with Gasteiger partial charge in [-0.15, -0.1) is 0 Å². The number of carbonyl (C=O) groups is 1. The third-order valence-corrected chi connectivity index (χ3v) is 3.00. The number of benzene rings is 1. The minimum atomic E-state index is -1.64. The van der Waals surface area contributed by atoms with E-state index in [1.807, 2.05) is 6.92 Å². The Morgan fingerprint density at radius 3 is 2.50 bits per heavy atom. The summed E-state index contributed by atoms with van der Waals surface area (Å²) < 4.78 is 41.2. The van der Waals surface area contributed by atoms with Crippen LogP contribution < -0.4 is 0 Å². The van der Waals surface area contributed by atoms with Crippen LogP contribution in [0.5, 0.6) is 0 Å². The third-order valence-electron chi connectivity index (χ3n) is 3.00. The summed E-state index contributed by atoms with van der Waals surface area (Å²) in [5, 5.41) is 4.17. The quantitative estimate of drug-likeness (QED) is 0.638. The Kier molecular flexibility index (Phi) is 3.92. The fourth-order valence-corrected chi connectivity index (χ4v) is 1.91. The van der Waals surface area contributed by atoms with Crippen LogP contribution in [0.3, 0.4) is 0 Å². The number of aryl methyl sites for hydroxylation is 2. The fourth-order valence-electron chi connectivity index (χ4n) is 1.91. The van der Waals surface area contributed by atoms with Crippen molar-refractivity contribution in [2.45, 2.75) is 26.8 Å². The van der Waals surface area contributed by atoms with E-state index in [9.17, 15) is 18.0 Å². The fraction of sp³-hybridized carbons (Fsp3) is 0.286. The summed E-state index contributed by atoms with van der Waals surface area (Å²) in [4.78, 5) is 12.2. The van der Waals surface area contributed by atoms with Gasteiger partial charge in [0.1, 0.15) is 5.69 Å². The molecular weight excluding hydrogens is 269 g/mol. The van der Waals surface area contributed by atoms with Crippen LogP contribution in [0.25, 0.3) is 0 Å². The summed E-state index contributed by atoms with van der Waals surface area (Å²) in [6.07, 6.45) is 0.619. The van der Waals surface area contributed by atoms with Gasteiger partial charge in [-0.2, -0.15) is 5.10 Å². The molecule has 1 aromatic carbocycles. The van der Waals surface area contributed by atoms with Gasteiger partial charge in [0, 0.05) is 6.54 Å². The molecule has 0 aliphatic rings. The molecule has 0 bridgehead atoms. The molecule has 0 aliphatic heterocycles. The summed E-state index contributed by atoms with van der Waals surface area (Å²) in [7, 11) is 0. The Hall–Kier alpha value is -2.11. The summed E-state index contributed by atoms with van der Waals surface area (Å²) >= 11 is 0. The van der Waals surface area contributed by atoms with Crippen LogP contribution in [-0.2, 0) is 13.0 Å². The molecule has 2 aromatic rings. The Labute approximate surface area is 114 Å². The highest BCUT2D eigenvalue weighted by Crippen LogP contribution is 2.19. The van der Waals surface area contributed by atoms with E-state index in [1.54, 1.807) is 6.92 Å². The topological polar surface area (TPSA) is 34.9 Å². The molecule has 20 heavy (non-hydrogen) atoms. The molecular formula is C14H13F3N2O. The number of halogens is 3. The minimum Gasteiger partial charge on any atom is -0.287 e. The molecule has 0 N–H and O–H groups in total. The number of nitrogens with zero attached hydrogens (tertiary/aromatic N) is 2. The Bertz CT molecular complexity index is 665. The summed E-state index contributed by atoms with van der Waals surface area (Å²) in [6.45, 7) is 4.08. The van der Waals surface area contributed by atoms with Crippen LogP contribution in [0, 0.1) is 17.5 Å². The molecule has 1 aromatic heterocycles. The van der Waals surface area contributed by atoms with Crippen molar-refractivity contribution in [3.63, 3.8) is 0 Å². The molecule has 0 amide bonds. The van der Waals surface area contributed by atoms with E-state index in [1.165, 1.54) is 10.7 Å². The van der Waals surface area contributed by atoms with Gasteiger partial charge in [-0.25, -0.2) is 13.2 Å². The zero-order valence-corrected chi connectivity index (χ0v) is 11.1. The van der Waals surface area contributed by atoms with Gasteiger partial charge in [-0.3, -0.25) is 9.48 Å². The predicted octanol–water partition coefficient (Wildman–Crippen LogP) is 3.11. The molecule has 0 spiro atoms. The van der Waals surface area contributed by atoms with Crippen LogP contribution in [0.15, 0.2) is 18.2 Å². The van der Waals surface area contributed by atoms with Gasteiger partial charge in [-0.1, -0.05) is 6.92 Å². The summed E-state index contributed by atoms with van der Waals surface area (Å²) in [5.41, 5.74) is 0.341. The number of hydrogen-bond donors (Lipinski definition) is 0. The second-order valence-corrected chi connectivity index (χ2v) is 4.24. The number of aromatic nitrogens is 2. The lowest BCUT2D eigenvalue weighted by Gasteiger charge is -2.05. The normalized spacial score (nSPS) is 10.8. The van der Waals surface area contributed by atoms with Crippen molar-refractivity contribution in [3.8, 4) is 0 Å². The molecule has 0 saturated heterocycles. The highest BCUT2D eigenvalue weighted by atomic mass is 19.2. The molecule has 0 saturated carbocycles. The van der Waals surface area contributed by atoms with E-state index in [2.05, 4.69) is 5.10 Å². The van der Waals surface area contributed by atoms with E-state index < -0.39 is 28.8 Å². The smallest absolute Gasteiger partial charge is 0.214 e. The Balaban J connectivity index is 2.51. The van der Waals surface area contributed by atoms with Gasteiger partial charge in [0.2, 0.25) is 5.78 Å². The predicted molar refractivity (Wildman–Crippen MR) is 67.0 cm³/mol. The first-order valence-electron chi connectivity index (χ1n) is 6.24. The largest absolute Gasteiger partial charge is 0.287 e. The molecule has 0 unspecified atom stereocenters. The van der Waals surface area contributed by atoms with E-state index in [0.29, 0.717) is 18.7 Å². The molecule has 1 heterocycles. The molecule has 3 nitrogen and oxygen atoms in total. The maximum absolute atomic E-state index is 13.7. The van der Waals surface area contributed by atoms with Crippen molar-refractivity contribution in [3.05, 3.63) is 52.6 Å². The molecule has 0 atom stereocenters. The first-order chi connectivity index (χ1) is 9.49. The Morgan fingerprint density at radius 1 is 1.20 bits per heavy atom. The van der Waals surface area contributed by atoms with Crippen molar-refractivity contribution >= 4 is 5.78 Å². The SMILES string of the molecule is CCc1cc(C(=O)c2ccc(F)c(F)c2F)n(CC)n1. The van der Waals surface area contributed by atoms with Crippen LogP contribution in [0.4, 0.5) is 13.2 Å². The number of rotatable bonds is 4. The standard InChI is InChI=1S/C14H13F3N2O/c1-3-8-7-11(19(4-2)18-8)14(20)9-5-6-10(15)13(17)12(9)16/h5-7H,3-4H2,1-2H3. The van der Waals surface area contributed by atoms with E-state index in [0.717, 1.165) is 12.1 Å². The maximum atomic E-state index is 13.7. The summed E-state index contributed by atoms with van der Waals surface area (Å²) in [6, 6.07) is 3.21. The van der Waals surface area contributed by atoms with E-state index in [-0.39, 0.29) is 5.69 Å². The average Bonchev–Trinajstić information content (AvgIpc) is 2.87. The first kappa shape index (κ1) is 14.3. The summed E-state index contributed by atoms with van der Waals surface area (Å²) in [5.74, 6) is -5.15. The highest BCUT2D eigenvalue weighted by molar-refractivity contribution is 6.08. The van der Waals surface area contributed by atoms with Crippen LogP contribution in [0.1, 0.15) is 35.6 Å². The zero-order chi connectivity index (χ0) is 14.9. The van der Waals surface area contributed by atoms with Crippen molar-refractivity contribution in [2.24, 2.45) is 0 Å².